The lowest BCUT2D eigenvalue weighted by molar-refractivity contribution is -0.385. The number of rotatable bonds is 6. The molecule has 0 unspecified atom stereocenters. The molecule has 0 radical (unpaired) electrons. The van der Waals surface area contributed by atoms with E-state index in [0.717, 1.165) is 6.07 Å². The number of methoxy groups -OCH3 is 1. The molecule has 8 heteroatoms. The highest BCUT2D eigenvalue weighted by Crippen LogP contribution is 2.27. The van der Waals surface area contributed by atoms with E-state index < -0.39 is 29.6 Å². The van der Waals surface area contributed by atoms with Crippen molar-refractivity contribution in [1.82, 2.24) is 5.32 Å². The van der Waals surface area contributed by atoms with Crippen LogP contribution in [0.5, 0.6) is 5.75 Å². The van der Waals surface area contributed by atoms with Crippen molar-refractivity contribution in [3.63, 3.8) is 0 Å². The van der Waals surface area contributed by atoms with Gasteiger partial charge in [-0.2, -0.15) is 0 Å². The summed E-state index contributed by atoms with van der Waals surface area (Å²) in [5.41, 5.74) is -1.51. The van der Waals surface area contributed by atoms with Gasteiger partial charge in [0, 0.05) is 11.6 Å². The van der Waals surface area contributed by atoms with E-state index in [1.165, 1.54) is 26.2 Å². The lowest BCUT2D eigenvalue weighted by Crippen LogP contribution is -2.51. The van der Waals surface area contributed by atoms with Gasteiger partial charge < -0.3 is 20.3 Å². The van der Waals surface area contributed by atoms with Crippen LogP contribution in [0.15, 0.2) is 18.2 Å². The molecule has 1 rings (SSSR count). The van der Waals surface area contributed by atoms with Gasteiger partial charge in [0.2, 0.25) is 0 Å². The maximum absolute atomic E-state index is 12.0. The predicted octanol–water partition coefficient (Wildman–Crippen LogP) is 0.0765. The minimum atomic E-state index is -1.20. The molecule has 0 bridgehead atoms. The molecule has 1 aromatic carbocycles. The van der Waals surface area contributed by atoms with Gasteiger partial charge in [0.25, 0.3) is 5.91 Å². The van der Waals surface area contributed by atoms with Gasteiger partial charge in [0.05, 0.1) is 30.8 Å². The van der Waals surface area contributed by atoms with Crippen molar-refractivity contribution in [3.05, 3.63) is 33.9 Å². The first-order valence-electron chi connectivity index (χ1n) is 5.73. The Labute approximate surface area is 115 Å². The first-order valence-corrected chi connectivity index (χ1v) is 5.73. The molecule has 3 N–H and O–H groups in total. The van der Waals surface area contributed by atoms with Crippen LogP contribution >= 0.6 is 0 Å². The monoisotopic (exact) mass is 284 g/mol. The first kappa shape index (κ1) is 15.9. The second-order valence-corrected chi connectivity index (χ2v) is 4.47. The van der Waals surface area contributed by atoms with Crippen LogP contribution in [-0.2, 0) is 0 Å². The molecular formula is C12H16N2O6. The molecule has 1 aromatic rings. The molecule has 110 valence electrons. The molecular weight excluding hydrogens is 268 g/mol. The lowest BCUT2D eigenvalue weighted by atomic mass is 10.0. The summed E-state index contributed by atoms with van der Waals surface area (Å²) in [6, 6.07) is 3.74. The molecule has 20 heavy (non-hydrogen) atoms. The van der Waals surface area contributed by atoms with Gasteiger partial charge in [-0.1, -0.05) is 0 Å². The Balaban J connectivity index is 3.06. The van der Waals surface area contributed by atoms with E-state index in [-0.39, 0.29) is 17.0 Å². The van der Waals surface area contributed by atoms with Crippen LogP contribution in [0.25, 0.3) is 0 Å². The van der Waals surface area contributed by atoms with E-state index in [1.807, 2.05) is 0 Å². The van der Waals surface area contributed by atoms with Crippen molar-refractivity contribution < 1.29 is 24.7 Å². The van der Waals surface area contributed by atoms with E-state index in [9.17, 15) is 14.9 Å². The normalized spacial score (nSPS) is 11.0. The topological polar surface area (TPSA) is 122 Å². The highest BCUT2D eigenvalue weighted by Gasteiger charge is 2.26. The second-order valence-electron chi connectivity index (χ2n) is 4.47. The molecule has 0 saturated carbocycles. The number of carbonyl (C=O) groups is 1. The van der Waals surface area contributed by atoms with Gasteiger partial charge in [0.15, 0.2) is 5.75 Å². The summed E-state index contributed by atoms with van der Waals surface area (Å²) in [6.07, 6.45) is 0. The first-order chi connectivity index (χ1) is 9.36. The number of aliphatic hydroxyl groups excluding tert-OH is 2. The largest absolute Gasteiger partial charge is 0.490 e. The molecule has 0 aliphatic carbocycles. The van der Waals surface area contributed by atoms with Crippen molar-refractivity contribution in [2.24, 2.45) is 0 Å². The number of ether oxygens (including phenoxy) is 1. The quantitative estimate of drug-likeness (QED) is 0.502. The zero-order chi connectivity index (χ0) is 15.3. The average Bonchev–Trinajstić information content (AvgIpc) is 2.46. The maximum atomic E-state index is 12.0. The number of carbonyl (C=O) groups excluding carboxylic acids is 1. The molecule has 0 aliphatic rings. The van der Waals surface area contributed by atoms with Crippen molar-refractivity contribution in [3.8, 4) is 5.75 Å². The summed E-state index contributed by atoms with van der Waals surface area (Å²) in [5, 5.41) is 31.5. The number of amides is 1. The summed E-state index contributed by atoms with van der Waals surface area (Å²) in [7, 11) is 1.29. The average molecular weight is 284 g/mol. The smallest absolute Gasteiger partial charge is 0.311 e. The zero-order valence-corrected chi connectivity index (χ0v) is 11.1. The van der Waals surface area contributed by atoms with E-state index in [2.05, 4.69) is 5.32 Å². The van der Waals surface area contributed by atoms with Gasteiger partial charge in [-0.15, -0.1) is 0 Å². The van der Waals surface area contributed by atoms with Crippen LogP contribution in [0, 0.1) is 10.1 Å². The minimum absolute atomic E-state index is 0.0330. The van der Waals surface area contributed by atoms with E-state index in [4.69, 9.17) is 14.9 Å². The summed E-state index contributed by atoms with van der Waals surface area (Å²) in [4.78, 5) is 22.2. The molecule has 0 atom stereocenters. The Morgan fingerprint density at radius 2 is 2.05 bits per heavy atom. The molecule has 0 aliphatic heterocycles. The Kier molecular flexibility index (Phi) is 5.00. The van der Waals surface area contributed by atoms with Gasteiger partial charge >= 0.3 is 5.69 Å². The van der Waals surface area contributed by atoms with Gasteiger partial charge in [0.1, 0.15) is 0 Å². The third kappa shape index (κ3) is 3.43. The fourth-order valence-electron chi connectivity index (χ4n) is 1.45. The maximum Gasteiger partial charge on any atom is 0.311 e. The number of nitro benzene ring substituents is 1. The SMILES string of the molecule is COc1ccc(C(=O)NC(C)(CO)CO)cc1[N+](=O)[O-]. The van der Waals surface area contributed by atoms with Crippen LogP contribution in [0.3, 0.4) is 0 Å². The van der Waals surface area contributed by atoms with Gasteiger partial charge in [-0.05, 0) is 19.1 Å². The van der Waals surface area contributed by atoms with E-state index >= 15 is 0 Å². The Morgan fingerprint density at radius 3 is 2.50 bits per heavy atom. The van der Waals surface area contributed by atoms with Gasteiger partial charge in [-0.3, -0.25) is 14.9 Å². The number of aliphatic hydroxyl groups is 2. The molecule has 0 fully saturated rings. The fraction of sp³-hybridized carbons (Fsp3) is 0.417. The number of nitrogens with zero attached hydrogens (tertiary/aromatic N) is 1. The summed E-state index contributed by atoms with van der Waals surface area (Å²) >= 11 is 0. The minimum Gasteiger partial charge on any atom is -0.490 e. The number of benzene rings is 1. The van der Waals surface area contributed by atoms with Crippen LogP contribution in [-0.4, -0.2) is 46.9 Å². The molecule has 0 heterocycles. The van der Waals surface area contributed by atoms with Crippen molar-refractivity contribution in [2.75, 3.05) is 20.3 Å². The van der Waals surface area contributed by atoms with Crippen LogP contribution in [0.4, 0.5) is 5.69 Å². The summed E-state index contributed by atoms with van der Waals surface area (Å²) in [6.45, 7) is 0.518. The third-order valence-corrected chi connectivity index (χ3v) is 2.75. The zero-order valence-electron chi connectivity index (χ0n) is 11.1. The summed E-state index contributed by atoms with van der Waals surface area (Å²) in [5.74, 6) is -0.597. The molecule has 8 nitrogen and oxygen atoms in total. The fourth-order valence-corrected chi connectivity index (χ4v) is 1.45. The third-order valence-electron chi connectivity index (χ3n) is 2.75. The van der Waals surface area contributed by atoms with Crippen LogP contribution < -0.4 is 10.1 Å². The molecule has 0 saturated heterocycles. The van der Waals surface area contributed by atoms with Crippen LogP contribution in [0.2, 0.25) is 0 Å². The Morgan fingerprint density at radius 1 is 1.45 bits per heavy atom. The van der Waals surface area contributed by atoms with Crippen molar-refractivity contribution in [2.45, 2.75) is 12.5 Å². The highest BCUT2D eigenvalue weighted by molar-refractivity contribution is 5.95. The summed E-state index contributed by atoms with van der Waals surface area (Å²) < 4.78 is 4.83. The Hall–Kier alpha value is -2.19. The van der Waals surface area contributed by atoms with Crippen molar-refractivity contribution >= 4 is 11.6 Å². The Bertz CT molecular complexity index is 513. The van der Waals surface area contributed by atoms with E-state index in [0.29, 0.717) is 0 Å². The molecule has 0 aromatic heterocycles. The predicted molar refractivity (Wildman–Crippen MR) is 69.7 cm³/mol. The number of hydrogen-bond acceptors (Lipinski definition) is 6. The lowest BCUT2D eigenvalue weighted by Gasteiger charge is -2.26. The van der Waals surface area contributed by atoms with Crippen molar-refractivity contribution in [1.29, 1.82) is 0 Å². The number of hydrogen-bond donors (Lipinski definition) is 3. The molecule has 1 amide bonds. The molecule has 0 spiro atoms. The van der Waals surface area contributed by atoms with E-state index in [1.54, 1.807) is 0 Å². The standard InChI is InChI=1S/C12H16N2O6/c1-12(6-15,7-16)13-11(17)8-3-4-10(20-2)9(5-8)14(18)19/h3-5,15-16H,6-7H2,1-2H3,(H,13,17). The van der Waals surface area contributed by atoms with Gasteiger partial charge in [-0.25, -0.2) is 0 Å². The second kappa shape index (κ2) is 6.31. The number of nitrogens with one attached hydrogen (secondary N) is 1. The highest BCUT2D eigenvalue weighted by atomic mass is 16.6. The number of nitro groups is 1. The van der Waals surface area contributed by atoms with Crippen LogP contribution in [0.1, 0.15) is 17.3 Å².